The van der Waals surface area contributed by atoms with Gasteiger partial charge in [-0.25, -0.2) is 0 Å². The molecule has 0 amide bonds. The summed E-state index contributed by atoms with van der Waals surface area (Å²) < 4.78 is 5.62. The van der Waals surface area contributed by atoms with Crippen LogP contribution in [0.3, 0.4) is 0 Å². The number of hydrogen-bond donors (Lipinski definition) is 1. The maximum absolute atomic E-state index is 11.2. The summed E-state index contributed by atoms with van der Waals surface area (Å²) in [7, 11) is 1.66. The average molecular weight is 283 g/mol. The second-order valence-corrected chi connectivity index (χ2v) is 5.18. The van der Waals surface area contributed by atoms with E-state index in [4.69, 9.17) is 10.5 Å². The molecule has 0 spiro atoms. The molecule has 0 atom stereocenters. The second-order valence-electron chi connectivity index (χ2n) is 5.18. The summed E-state index contributed by atoms with van der Waals surface area (Å²) in [6, 6.07) is 9.91. The first kappa shape index (κ1) is 15.3. The van der Waals surface area contributed by atoms with Crippen LogP contribution in [0, 0.1) is 13.8 Å². The summed E-state index contributed by atoms with van der Waals surface area (Å²) in [6.07, 6.45) is 1.55. The second kappa shape index (κ2) is 6.55. The van der Waals surface area contributed by atoms with Gasteiger partial charge in [-0.15, -0.1) is 0 Å². The maximum atomic E-state index is 11.2. The molecule has 2 aromatic rings. The Hall–Kier alpha value is -2.13. The summed E-state index contributed by atoms with van der Waals surface area (Å²) in [5.74, 6) is 0.809. The molecule has 110 valence electrons. The molecule has 2 N–H and O–H groups in total. The van der Waals surface area contributed by atoms with Crippen molar-refractivity contribution in [1.82, 2.24) is 0 Å². The Bertz CT molecular complexity index is 642. The lowest BCUT2D eigenvalue weighted by Gasteiger charge is -2.17. The minimum Gasteiger partial charge on any atom is -0.496 e. The molecule has 0 heterocycles. The van der Waals surface area contributed by atoms with Gasteiger partial charge in [0.05, 0.1) is 7.11 Å². The Morgan fingerprint density at radius 2 is 1.86 bits per heavy atom. The Labute approximate surface area is 125 Å². The summed E-state index contributed by atoms with van der Waals surface area (Å²) >= 11 is 0. The standard InChI is InChI=1S/C18H21NO2/c1-12-5-4-6-13(2)17(12)16-10-14(11-20)9-15(7-8-19)18(16)21-3/h4-6,9-11H,7-8,19H2,1-3H3. The third kappa shape index (κ3) is 2.98. The van der Waals surface area contributed by atoms with E-state index in [9.17, 15) is 4.79 Å². The fourth-order valence-corrected chi connectivity index (χ4v) is 2.79. The van der Waals surface area contributed by atoms with Gasteiger partial charge in [0.1, 0.15) is 12.0 Å². The van der Waals surface area contributed by atoms with Crippen molar-refractivity contribution in [2.45, 2.75) is 20.3 Å². The van der Waals surface area contributed by atoms with Crippen LogP contribution in [0.15, 0.2) is 30.3 Å². The largest absolute Gasteiger partial charge is 0.496 e. The van der Waals surface area contributed by atoms with Crippen LogP contribution in [0.25, 0.3) is 11.1 Å². The molecule has 0 aliphatic rings. The van der Waals surface area contributed by atoms with E-state index in [1.54, 1.807) is 7.11 Å². The lowest BCUT2D eigenvalue weighted by atomic mass is 9.91. The highest BCUT2D eigenvalue weighted by Gasteiger charge is 2.16. The minimum atomic E-state index is 0.519. The van der Waals surface area contributed by atoms with Gasteiger partial charge in [-0.1, -0.05) is 18.2 Å². The number of nitrogens with two attached hydrogens (primary N) is 1. The van der Waals surface area contributed by atoms with E-state index in [0.29, 0.717) is 18.5 Å². The van der Waals surface area contributed by atoms with E-state index in [2.05, 4.69) is 26.0 Å². The van der Waals surface area contributed by atoms with Crippen molar-refractivity contribution in [3.8, 4) is 16.9 Å². The molecule has 0 fully saturated rings. The van der Waals surface area contributed by atoms with Crippen LogP contribution >= 0.6 is 0 Å². The monoisotopic (exact) mass is 283 g/mol. The van der Waals surface area contributed by atoms with E-state index >= 15 is 0 Å². The van der Waals surface area contributed by atoms with Gasteiger partial charge in [0.25, 0.3) is 0 Å². The molecule has 0 saturated heterocycles. The van der Waals surface area contributed by atoms with E-state index in [1.165, 1.54) is 0 Å². The molecule has 0 bridgehead atoms. The molecular formula is C18H21NO2. The van der Waals surface area contributed by atoms with Crippen molar-refractivity contribution in [3.05, 3.63) is 52.6 Å². The van der Waals surface area contributed by atoms with Gasteiger partial charge in [-0.05, 0) is 61.2 Å². The van der Waals surface area contributed by atoms with Crippen molar-refractivity contribution < 1.29 is 9.53 Å². The zero-order valence-corrected chi connectivity index (χ0v) is 12.8. The topological polar surface area (TPSA) is 52.3 Å². The maximum Gasteiger partial charge on any atom is 0.150 e. The van der Waals surface area contributed by atoms with Crippen molar-refractivity contribution in [3.63, 3.8) is 0 Å². The van der Waals surface area contributed by atoms with Gasteiger partial charge in [0.2, 0.25) is 0 Å². The fourth-order valence-electron chi connectivity index (χ4n) is 2.79. The van der Waals surface area contributed by atoms with Crippen LogP contribution in [0.5, 0.6) is 5.75 Å². The molecule has 0 unspecified atom stereocenters. The molecule has 0 aliphatic heterocycles. The van der Waals surface area contributed by atoms with Gasteiger partial charge in [0, 0.05) is 11.1 Å². The molecule has 3 nitrogen and oxygen atoms in total. The molecule has 21 heavy (non-hydrogen) atoms. The number of hydrogen-bond acceptors (Lipinski definition) is 3. The third-order valence-corrected chi connectivity index (χ3v) is 3.69. The SMILES string of the molecule is COc1c(CCN)cc(C=O)cc1-c1c(C)cccc1C. The van der Waals surface area contributed by atoms with Crippen LogP contribution in [0.1, 0.15) is 27.0 Å². The van der Waals surface area contributed by atoms with Crippen LogP contribution in [-0.4, -0.2) is 19.9 Å². The Morgan fingerprint density at radius 1 is 1.19 bits per heavy atom. The molecule has 0 radical (unpaired) electrons. The molecule has 3 heteroatoms. The summed E-state index contributed by atoms with van der Waals surface area (Å²) in [6.45, 7) is 4.65. The highest BCUT2D eigenvalue weighted by Crippen LogP contribution is 2.38. The first-order valence-corrected chi connectivity index (χ1v) is 7.05. The number of aryl methyl sites for hydroxylation is 2. The molecule has 0 aromatic heterocycles. The van der Waals surface area contributed by atoms with Gasteiger partial charge >= 0.3 is 0 Å². The van der Waals surface area contributed by atoms with Crippen molar-refractivity contribution in [1.29, 1.82) is 0 Å². The van der Waals surface area contributed by atoms with Crippen molar-refractivity contribution in [2.75, 3.05) is 13.7 Å². The van der Waals surface area contributed by atoms with E-state index in [1.807, 2.05) is 18.2 Å². The predicted octanol–water partition coefficient (Wildman–Crippen LogP) is 3.29. The predicted molar refractivity (Wildman–Crippen MR) is 86.0 cm³/mol. The number of carbonyl (C=O) groups is 1. The molecule has 0 aliphatic carbocycles. The number of ether oxygens (including phenoxy) is 1. The fraction of sp³-hybridized carbons (Fsp3) is 0.278. The van der Waals surface area contributed by atoms with E-state index in [0.717, 1.165) is 39.9 Å². The smallest absolute Gasteiger partial charge is 0.150 e. The lowest BCUT2D eigenvalue weighted by molar-refractivity contribution is 0.112. The summed E-state index contributed by atoms with van der Waals surface area (Å²) in [5.41, 5.74) is 11.7. The van der Waals surface area contributed by atoms with Crippen LogP contribution in [-0.2, 0) is 6.42 Å². The highest BCUT2D eigenvalue weighted by molar-refractivity contribution is 5.85. The normalized spacial score (nSPS) is 10.5. The number of aldehydes is 1. The molecule has 0 saturated carbocycles. The number of methoxy groups -OCH3 is 1. The quantitative estimate of drug-likeness (QED) is 0.857. The minimum absolute atomic E-state index is 0.519. The average Bonchev–Trinajstić information content (AvgIpc) is 2.47. The zero-order chi connectivity index (χ0) is 15.4. The van der Waals surface area contributed by atoms with Gasteiger partial charge in [-0.2, -0.15) is 0 Å². The third-order valence-electron chi connectivity index (χ3n) is 3.69. The van der Waals surface area contributed by atoms with Gasteiger partial charge in [0.15, 0.2) is 0 Å². The van der Waals surface area contributed by atoms with Crippen LogP contribution in [0.2, 0.25) is 0 Å². The number of carbonyl (C=O) groups excluding carboxylic acids is 1. The highest BCUT2D eigenvalue weighted by atomic mass is 16.5. The molecular weight excluding hydrogens is 262 g/mol. The van der Waals surface area contributed by atoms with E-state index in [-0.39, 0.29) is 0 Å². The first-order chi connectivity index (χ1) is 10.1. The van der Waals surface area contributed by atoms with Crippen molar-refractivity contribution in [2.24, 2.45) is 5.73 Å². The Kier molecular flexibility index (Phi) is 4.76. The van der Waals surface area contributed by atoms with Crippen molar-refractivity contribution >= 4 is 6.29 Å². The molecule has 2 aromatic carbocycles. The van der Waals surface area contributed by atoms with Crippen LogP contribution in [0.4, 0.5) is 0 Å². The lowest BCUT2D eigenvalue weighted by Crippen LogP contribution is -2.06. The van der Waals surface area contributed by atoms with Crippen LogP contribution < -0.4 is 10.5 Å². The van der Waals surface area contributed by atoms with Gasteiger partial charge in [-0.3, -0.25) is 4.79 Å². The number of benzene rings is 2. The Morgan fingerprint density at radius 3 is 2.38 bits per heavy atom. The van der Waals surface area contributed by atoms with Gasteiger partial charge < -0.3 is 10.5 Å². The summed E-state index contributed by atoms with van der Waals surface area (Å²) in [4.78, 5) is 11.2. The first-order valence-electron chi connectivity index (χ1n) is 7.05. The Balaban J connectivity index is 2.77. The van der Waals surface area contributed by atoms with E-state index < -0.39 is 0 Å². The summed E-state index contributed by atoms with van der Waals surface area (Å²) in [5, 5.41) is 0. The molecule has 2 rings (SSSR count). The zero-order valence-electron chi connectivity index (χ0n) is 12.8. The number of rotatable bonds is 5.